The Morgan fingerprint density at radius 1 is 1.06 bits per heavy atom. The molecule has 84 valence electrons. The number of benzene rings is 1. The molecule has 0 saturated carbocycles. The molecule has 0 aliphatic carbocycles. The summed E-state index contributed by atoms with van der Waals surface area (Å²) in [7, 11) is 1.63. The van der Waals surface area contributed by atoms with Crippen molar-refractivity contribution in [2.75, 3.05) is 11.9 Å². The maximum atomic E-state index is 8.70. The second-order valence-corrected chi connectivity index (χ2v) is 3.80. The van der Waals surface area contributed by atoms with Gasteiger partial charge in [-0.25, -0.2) is 9.97 Å². The number of nitrogens with zero attached hydrogens (tertiary/aromatic N) is 4. The van der Waals surface area contributed by atoms with Crippen LogP contribution in [0.15, 0.2) is 36.7 Å². The van der Waals surface area contributed by atoms with E-state index in [2.05, 4.69) is 9.97 Å². The van der Waals surface area contributed by atoms with E-state index in [1.54, 1.807) is 19.4 Å². The van der Waals surface area contributed by atoms with Gasteiger partial charge in [0.2, 0.25) is 5.95 Å². The summed E-state index contributed by atoms with van der Waals surface area (Å²) in [6, 6.07) is 8.15. The maximum Gasteiger partial charge on any atom is 0.238 e. The molecular formula is C13H12N4. The molecule has 4 heteroatoms. The first-order valence-electron chi connectivity index (χ1n) is 5.23. The lowest BCUT2D eigenvalue weighted by molar-refractivity contribution is 1.05. The Bertz CT molecular complexity index is 537. The fourth-order valence-corrected chi connectivity index (χ4v) is 1.43. The highest BCUT2D eigenvalue weighted by atomic mass is 15.2. The average Bonchev–Trinajstić information content (AvgIpc) is 2.39. The van der Waals surface area contributed by atoms with Crippen LogP contribution in [-0.2, 0) is 0 Å². The van der Waals surface area contributed by atoms with Crippen LogP contribution in [0.3, 0.4) is 0 Å². The van der Waals surface area contributed by atoms with Gasteiger partial charge in [-0.2, -0.15) is 5.26 Å². The Hall–Kier alpha value is -2.41. The third kappa shape index (κ3) is 2.40. The highest BCUT2D eigenvalue weighted by Crippen LogP contribution is 2.18. The zero-order valence-electron chi connectivity index (χ0n) is 9.75. The minimum absolute atomic E-state index is 0.406. The fraction of sp³-hybridized carbons (Fsp3) is 0.154. The van der Waals surface area contributed by atoms with E-state index in [1.165, 1.54) is 10.5 Å². The zero-order chi connectivity index (χ0) is 12.3. The van der Waals surface area contributed by atoms with Crippen LogP contribution < -0.4 is 4.90 Å². The standard InChI is InChI=1S/C13H12N4/c1-10-3-5-11(6-4-10)12-7-15-13(16-8-12)17(2)9-14/h3-8H,1-2H3. The number of aryl methyl sites for hydroxylation is 1. The van der Waals surface area contributed by atoms with Gasteiger partial charge in [0.1, 0.15) is 0 Å². The fourth-order valence-electron chi connectivity index (χ4n) is 1.43. The third-order valence-electron chi connectivity index (χ3n) is 2.47. The zero-order valence-corrected chi connectivity index (χ0v) is 9.75. The summed E-state index contributed by atoms with van der Waals surface area (Å²) >= 11 is 0. The molecule has 17 heavy (non-hydrogen) atoms. The van der Waals surface area contributed by atoms with Crippen LogP contribution in [-0.4, -0.2) is 17.0 Å². The quantitative estimate of drug-likeness (QED) is 0.580. The SMILES string of the molecule is Cc1ccc(-c2cnc(N(C)C#N)nc2)cc1. The van der Waals surface area contributed by atoms with Crippen molar-refractivity contribution in [3.8, 4) is 17.3 Å². The number of aromatic nitrogens is 2. The van der Waals surface area contributed by atoms with Crippen LogP contribution in [0.1, 0.15) is 5.56 Å². The summed E-state index contributed by atoms with van der Waals surface area (Å²) in [5, 5.41) is 8.70. The summed E-state index contributed by atoms with van der Waals surface area (Å²) in [4.78, 5) is 9.60. The van der Waals surface area contributed by atoms with Gasteiger partial charge in [-0.15, -0.1) is 0 Å². The number of nitriles is 1. The van der Waals surface area contributed by atoms with Crippen molar-refractivity contribution in [2.45, 2.75) is 6.92 Å². The highest BCUT2D eigenvalue weighted by Gasteiger charge is 2.03. The molecule has 0 bridgehead atoms. The van der Waals surface area contributed by atoms with Gasteiger partial charge in [-0.05, 0) is 12.5 Å². The van der Waals surface area contributed by atoms with E-state index in [0.717, 1.165) is 11.1 Å². The van der Waals surface area contributed by atoms with E-state index >= 15 is 0 Å². The van der Waals surface area contributed by atoms with Gasteiger partial charge in [0.25, 0.3) is 0 Å². The van der Waals surface area contributed by atoms with Gasteiger partial charge in [-0.3, -0.25) is 4.90 Å². The van der Waals surface area contributed by atoms with Crippen LogP contribution >= 0.6 is 0 Å². The van der Waals surface area contributed by atoms with Crippen molar-refractivity contribution in [1.82, 2.24) is 9.97 Å². The Morgan fingerprint density at radius 2 is 1.65 bits per heavy atom. The minimum Gasteiger partial charge on any atom is -0.250 e. The van der Waals surface area contributed by atoms with Crippen molar-refractivity contribution in [3.63, 3.8) is 0 Å². The first kappa shape index (κ1) is 11.1. The normalized spacial score (nSPS) is 9.71. The van der Waals surface area contributed by atoms with Gasteiger partial charge < -0.3 is 0 Å². The largest absolute Gasteiger partial charge is 0.250 e. The highest BCUT2D eigenvalue weighted by molar-refractivity contribution is 5.62. The molecule has 0 spiro atoms. The van der Waals surface area contributed by atoms with Crippen LogP contribution in [0, 0.1) is 18.4 Å². The molecule has 1 aromatic heterocycles. The van der Waals surface area contributed by atoms with E-state index < -0.39 is 0 Å². The van der Waals surface area contributed by atoms with Crippen molar-refractivity contribution < 1.29 is 0 Å². The first-order chi connectivity index (χ1) is 8.20. The molecule has 0 atom stereocenters. The number of hydrogen-bond donors (Lipinski definition) is 0. The molecule has 0 radical (unpaired) electrons. The van der Waals surface area contributed by atoms with Gasteiger partial charge in [0.15, 0.2) is 6.19 Å². The van der Waals surface area contributed by atoms with Crippen LogP contribution in [0.5, 0.6) is 0 Å². The van der Waals surface area contributed by atoms with Crippen molar-refractivity contribution in [1.29, 1.82) is 5.26 Å². The maximum absolute atomic E-state index is 8.70. The molecule has 1 aromatic carbocycles. The molecule has 4 nitrogen and oxygen atoms in total. The molecule has 0 amide bonds. The topological polar surface area (TPSA) is 52.8 Å². The van der Waals surface area contributed by atoms with Crippen LogP contribution in [0.2, 0.25) is 0 Å². The molecule has 0 aliphatic heterocycles. The number of anilines is 1. The summed E-state index contributed by atoms with van der Waals surface area (Å²) in [5.41, 5.74) is 3.23. The Balaban J connectivity index is 2.30. The first-order valence-corrected chi connectivity index (χ1v) is 5.23. The molecule has 0 fully saturated rings. The lowest BCUT2D eigenvalue weighted by Crippen LogP contribution is -2.11. The second-order valence-electron chi connectivity index (χ2n) is 3.80. The monoisotopic (exact) mass is 224 g/mol. The molecule has 2 aromatic rings. The van der Waals surface area contributed by atoms with Crippen LogP contribution in [0.25, 0.3) is 11.1 Å². The Labute approximate surface area is 100 Å². The van der Waals surface area contributed by atoms with Crippen molar-refractivity contribution in [2.24, 2.45) is 0 Å². The number of hydrogen-bond acceptors (Lipinski definition) is 4. The molecule has 0 saturated heterocycles. The second kappa shape index (κ2) is 4.62. The number of rotatable bonds is 2. The predicted molar refractivity (Wildman–Crippen MR) is 66.2 cm³/mol. The van der Waals surface area contributed by atoms with Crippen LogP contribution in [0.4, 0.5) is 5.95 Å². The molecular weight excluding hydrogens is 212 g/mol. The van der Waals surface area contributed by atoms with Crippen molar-refractivity contribution in [3.05, 3.63) is 42.2 Å². The predicted octanol–water partition coefficient (Wildman–Crippen LogP) is 2.37. The summed E-state index contributed by atoms with van der Waals surface area (Å²) in [5.74, 6) is 0.406. The van der Waals surface area contributed by atoms with E-state index in [9.17, 15) is 0 Å². The summed E-state index contributed by atoms with van der Waals surface area (Å²) in [6.07, 6.45) is 5.40. The van der Waals surface area contributed by atoms with Gasteiger partial charge in [0.05, 0.1) is 0 Å². The molecule has 2 rings (SSSR count). The summed E-state index contributed by atoms with van der Waals surface area (Å²) in [6.45, 7) is 2.05. The minimum atomic E-state index is 0.406. The smallest absolute Gasteiger partial charge is 0.238 e. The Kier molecular flexibility index (Phi) is 3.01. The lowest BCUT2D eigenvalue weighted by atomic mass is 10.1. The van der Waals surface area contributed by atoms with E-state index in [0.29, 0.717) is 5.95 Å². The average molecular weight is 224 g/mol. The third-order valence-corrected chi connectivity index (χ3v) is 2.47. The van der Waals surface area contributed by atoms with Gasteiger partial charge in [0, 0.05) is 25.0 Å². The Morgan fingerprint density at radius 3 is 2.18 bits per heavy atom. The van der Waals surface area contributed by atoms with E-state index in [4.69, 9.17) is 5.26 Å². The van der Waals surface area contributed by atoms with E-state index in [1.807, 2.05) is 37.4 Å². The molecule has 0 aliphatic rings. The van der Waals surface area contributed by atoms with E-state index in [-0.39, 0.29) is 0 Å². The van der Waals surface area contributed by atoms with Gasteiger partial charge in [-0.1, -0.05) is 29.8 Å². The molecule has 0 N–H and O–H groups in total. The van der Waals surface area contributed by atoms with Gasteiger partial charge >= 0.3 is 0 Å². The lowest BCUT2D eigenvalue weighted by Gasteiger charge is -2.07. The molecule has 0 unspecified atom stereocenters. The summed E-state index contributed by atoms with van der Waals surface area (Å²) < 4.78 is 0. The van der Waals surface area contributed by atoms with Crippen molar-refractivity contribution >= 4 is 5.95 Å². The molecule has 1 heterocycles.